The molecule has 0 aliphatic rings. The van der Waals surface area contributed by atoms with Crippen LogP contribution in [-0.4, -0.2) is 17.3 Å². The van der Waals surface area contributed by atoms with E-state index in [4.69, 9.17) is 10.5 Å². The lowest BCUT2D eigenvalue weighted by molar-refractivity contribution is 0.407. The summed E-state index contributed by atoms with van der Waals surface area (Å²) in [5, 5.41) is 8.59. The zero-order chi connectivity index (χ0) is 15.9. The molecule has 3 rings (SSSR count). The largest absolute Gasteiger partial charge is 0.496 e. The number of H-pyrrole nitrogens is 1. The van der Waals surface area contributed by atoms with Crippen LogP contribution in [0.25, 0.3) is 22.2 Å². The maximum absolute atomic E-state index is 6.02. The second kappa shape index (κ2) is 5.37. The Morgan fingerprint density at radius 2 is 2.00 bits per heavy atom. The molecule has 0 aliphatic carbocycles. The molecule has 0 fully saturated rings. The van der Waals surface area contributed by atoms with Gasteiger partial charge in [0.15, 0.2) is 0 Å². The molecule has 114 valence electrons. The third-order valence-electron chi connectivity index (χ3n) is 4.09. The first-order chi connectivity index (χ1) is 10.5. The van der Waals surface area contributed by atoms with E-state index in [0.717, 1.165) is 33.5 Å². The van der Waals surface area contributed by atoms with Crippen molar-refractivity contribution >= 4 is 16.6 Å². The molecule has 0 unspecified atom stereocenters. The average Bonchev–Trinajstić information content (AvgIpc) is 2.92. The standard InChI is InChI=1S/C18H21N3O/c1-10(2)13-9-14(11(3)8-16(13)22-4)17-12-6-5-7-15(19)18(12)21-20-17/h5-10H,19H2,1-4H3,(H,20,21). The molecule has 2 aromatic carbocycles. The lowest BCUT2D eigenvalue weighted by atomic mass is 9.94. The number of aromatic amines is 1. The van der Waals surface area contributed by atoms with Crippen LogP contribution in [0.2, 0.25) is 0 Å². The highest BCUT2D eigenvalue weighted by atomic mass is 16.5. The maximum Gasteiger partial charge on any atom is 0.122 e. The van der Waals surface area contributed by atoms with Gasteiger partial charge in [0.25, 0.3) is 0 Å². The van der Waals surface area contributed by atoms with E-state index < -0.39 is 0 Å². The van der Waals surface area contributed by atoms with Gasteiger partial charge in [0.2, 0.25) is 0 Å². The number of para-hydroxylation sites is 1. The highest BCUT2D eigenvalue weighted by molar-refractivity contribution is 5.99. The van der Waals surface area contributed by atoms with Gasteiger partial charge in [0.05, 0.1) is 18.3 Å². The van der Waals surface area contributed by atoms with Crippen molar-refractivity contribution in [2.24, 2.45) is 0 Å². The van der Waals surface area contributed by atoms with Crippen molar-refractivity contribution in [1.29, 1.82) is 0 Å². The third kappa shape index (κ3) is 2.21. The molecule has 0 aliphatic heterocycles. The van der Waals surface area contributed by atoms with Gasteiger partial charge in [-0.2, -0.15) is 5.10 Å². The second-order valence-electron chi connectivity index (χ2n) is 5.91. The number of hydrogen-bond acceptors (Lipinski definition) is 3. The van der Waals surface area contributed by atoms with Crippen LogP contribution in [0, 0.1) is 6.92 Å². The lowest BCUT2D eigenvalue weighted by Crippen LogP contribution is -1.97. The first kappa shape index (κ1) is 14.4. The van der Waals surface area contributed by atoms with Gasteiger partial charge in [-0.1, -0.05) is 26.0 Å². The number of ether oxygens (including phenoxy) is 1. The molecule has 1 aromatic heterocycles. The molecule has 0 spiro atoms. The topological polar surface area (TPSA) is 63.9 Å². The van der Waals surface area contributed by atoms with Crippen LogP contribution in [-0.2, 0) is 0 Å². The zero-order valence-electron chi connectivity index (χ0n) is 13.4. The fourth-order valence-electron chi connectivity index (χ4n) is 2.85. The first-order valence-corrected chi connectivity index (χ1v) is 7.44. The van der Waals surface area contributed by atoms with Gasteiger partial charge in [0.1, 0.15) is 11.4 Å². The van der Waals surface area contributed by atoms with Gasteiger partial charge < -0.3 is 10.5 Å². The quantitative estimate of drug-likeness (QED) is 0.710. The normalized spacial score (nSPS) is 11.3. The minimum Gasteiger partial charge on any atom is -0.496 e. The Kier molecular flexibility index (Phi) is 3.53. The number of nitrogen functional groups attached to an aromatic ring is 1. The summed E-state index contributed by atoms with van der Waals surface area (Å²) >= 11 is 0. The van der Waals surface area contributed by atoms with Crippen LogP contribution in [0.4, 0.5) is 5.69 Å². The molecule has 1 heterocycles. The van der Waals surface area contributed by atoms with Crippen LogP contribution in [0.3, 0.4) is 0 Å². The van der Waals surface area contributed by atoms with Crippen molar-refractivity contribution in [3.8, 4) is 17.0 Å². The molecule has 22 heavy (non-hydrogen) atoms. The molecule has 4 nitrogen and oxygen atoms in total. The lowest BCUT2D eigenvalue weighted by Gasteiger charge is -2.15. The first-order valence-electron chi connectivity index (χ1n) is 7.44. The Labute approximate surface area is 130 Å². The molecule has 0 bridgehead atoms. The summed E-state index contributed by atoms with van der Waals surface area (Å²) in [4.78, 5) is 0. The van der Waals surface area contributed by atoms with Gasteiger partial charge in [-0.05, 0) is 42.2 Å². The predicted molar refractivity (Wildman–Crippen MR) is 91.3 cm³/mol. The Morgan fingerprint density at radius 1 is 1.23 bits per heavy atom. The number of fused-ring (bicyclic) bond motifs is 1. The summed E-state index contributed by atoms with van der Waals surface area (Å²) in [6.45, 7) is 6.41. The molecule has 3 aromatic rings. The van der Waals surface area contributed by atoms with Crippen LogP contribution in [0.1, 0.15) is 30.9 Å². The highest BCUT2D eigenvalue weighted by Gasteiger charge is 2.16. The van der Waals surface area contributed by atoms with E-state index in [1.807, 2.05) is 18.2 Å². The summed E-state index contributed by atoms with van der Waals surface area (Å²) in [5.74, 6) is 1.31. The van der Waals surface area contributed by atoms with E-state index in [0.29, 0.717) is 11.6 Å². The minimum absolute atomic E-state index is 0.379. The smallest absolute Gasteiger partial charge is 0.122 e. The number of aryl methyl sites for hydroxylation is 1. The number of nitrogens with two attached hydrogens (primary N) is 1. The van der Waals surface area contributed by atoms with Crippen LogP contribution in [0.15, 0.2) is 30.3 Å². The Balaban J connectivity index is 2.26. The van der Waals surface area contributed by atoms with Gasteiger partial charge in [0, 0.05) is 10.9 Å². The van der Waals surface area contributed by atoms with E-state index in [1.54, 1.807) is 7.11 Å². The van der Waals surface area contributed by atoms with Crippen molar-refractivity contribution in [2.75, 3.05) is 12.8 Å². The van der Waals surface area contributed by atoms with Crippen molar-refractivity contribution in [2.45, 2.75) is 26.7 Å². The summed E-state index contributed by atoms with van der Waals surface area (Å²) < 4.78 is 5.52. The SMILES string of the molecule is COc1cc(C)c(-c2n[nH]c3c(N)cccc23)cc1C(C)C. The molecule has 0 atom stereocenters. The van der Waals surface area contributed by atoms with Crippen LogP contribution >= 0.6 is 0 Å². The summed E-state index contributed by atoms with van der Waals surface area (Å²) in [6, 6.07) is 10.1. The average molecular weight is 295 g/mol. The number of aromatic nitrogens is 2. The molecule has 0 amide bonds. The zero-order valence-corrected chi connectivity index (χ0v) is 13.4. The molecule has 0 saturated heterocycles. The fraction of sp³-hybridized carbons (Fsp3) is 0.278. The number of benzene rings is 2. The molecular weight excluding hydrogens is 274 g/mol. The highest BCUT2D eigenvalue weighted by Crippen LogP contribution is 2.36. The molecule has 3 N–H and O–H groups in total. The van der Waals surface area contributed by atoms with Gasteiger partial charge in [-0.15, -0.1) is 0 Å². The summed E-state index contributed by atoms with van der Waals surface area (Å²) in [5.41, 5.74) is 12.0. The van der Waals surface area contributed by atoms with Crippen LogP contribution < -0.4 is 10.5 Å². The van der Waals surface area contributed by atoms with Gasteiger partial charge in [-0.3, -0.25) is 5.10 Å². The van der Waals surface area contributed by atoms with Gasteiger partial charge >= 0.3 is 0 Å². The molecule has 0 radical (unpaired) electrons. The third-order valence-corrected chi connectivity index (χ3v) is 4.09. The Hall–Kier alpha value is -2.49. The van der Waals surface area contributed by atoms with Crippen molar-refractivity contribution in [3.05, 3.63) is 41.5 Å². The van der Waals surface area contributed by atoms with E-state index in [2.05, 4.69) is 43.1 Å². The van der Waals surface area contributed by atoms with E-state index >= 15 is 0 Å². The Morgan fingerprint density at radius 3 is 2.68 bits per heavy atom. The molecule has 4 heteroatoms. The summed E-state index contributed by atoms with van der Waals surface area (Å²) in [7, 11) is 1.71. The number of rotatable bonds is 3. The van der Waals surface area contributed by atoms with Crippen LogP contribution in [0.5, 0.6) is 5.75 Å². The minimum atomic E-state index is 0.379. The summed E-state index contributed by atoms with van der Waals surface area (Å²) in [6.07, 6.45) is 0. The monoisotopic (exact) mass is 295 g/mol. The number of nitrogens with zero attached hydrogens (tertiary/aromatic N) is 1. The van der Waals surface area contributed by atoms with Crippen molar-refractivity contribution in [1.82, 2.24) is 10.2 Å². The number of methoxy groups -OCH3 is 1. The second-order valence-corrected chi connectivity index (χ2v) is 5.91. The number of nitrogens with one attached hydrogen (secondary N) is 1. The van der Waals surface area contributed by atoms with Crippen molar-refractivity contribution < 1.29 is 4.74 Å². The number of anilines is 1. The molecular formula is C18H21N3O. The maximum atomic E-state index is 6.02. The van der Waals surface area contributed by atoms with Gasteiger partial charge in [-0.25, -0.2) is 0 Å². The van der Waals surface area contributed by atoms with E-state index in [1.165, 1.54) is 5.56 Å². The molecule has 0 saturated carbocycles. The fourth-order valence-corrected chi connectivity index (χ4v) is 2.85. The predicted octanol–water partition coefficient (Wildman–Crippen LogP) is 4.25. The van der Waals surface area contributed by atoms with Crippen molar-refractivity contribution in [3.63, 3.8) is 0 Å². The van der Waals surface area contributed by atoms with E-state index in [9.17, 15) is 0 Å². The number of hydrogen-bond donors (Lipinski definition) is 2. The van der Waals surface area contributed by atoms with E-state index in [-0.39, 0.29) is 0 Å². The Bertz CT molecular complexity index is 834.